The lowest BCUT2D eigenvalue weighted by Crippen LogP contribution is -2.19. The average molecular weight is 257 g/mol. The standard InChI is InChI=1S/C12H15N7/c1-7(3-9-4-8(2)17-18-9)16-11-10-5-15-19-12(10)14-6-13-11/h4-7H,3H2,1-2H3,(H,17,18)(H2,13,14,15,16,19). The molecule has 0 aliphatic heterocycles. The minimum Gasteiger partial charge on any atom is -0.367 e. The molecule has 0 saturated heterocycles. The second-order valence-corrected chi connectivity index (χ2v) is 4.65. The van der Waals surface area contributed by atoms with Gasteiger partial charge in [0.15, 0.2) is 5.65 Å². The van der Waals surface area contributed by atoms with Crippen LogP contribution in [0.15, 0.2) is 18.6 Å². The summed E-state index contributed by atoms with van der Waals surface area (Å²) < 4.78 is 0. The van der Waals surface area contributed by atoms with Gasteiger partial charge in [-0.15, -0.1) is 0 Å². The molecular weight excluding hydrogens is 242 g/mol. The summed E-state index contributed by atoms with van der Waals surface area (Å²) in [7, 11) is 0. The maximum Gasteiger partial charge on any atom is 0.160 e. The molecule has 0 spiro atoms. The fourth-order valence-electron chi connectivity index (χ4n) is 2.06. The van der Waals surface area contributed by atoms with Gasteiger partial charge in [-0.1, -0.05) is 0 Å². The summed E-state index contributed by atoms with van der Waals surface area (Å²) in [6, 6.07) is 2.27. The highest BCUT2D eigenvalue weighted by Crippen LogP contribution is 2.17. The Hall–Kier alpha value is -2.44. The number of nitrogens with zero attached hydrogens (tertiary/aromatic N) is 4. The molecule has 3 aromatic heterocycles. The van der Waals surface area contributed by atoms with Gasteiger partial charge in [0.25, 0.3) is 0 Å². The van der Waals surface area contributed by atoms with Crippen molar-refractivity contribution in [2.75, 3.05) is 5.32 Å². The Kier molecular flexibility index (Phi) is 2.86. The van der Waals surface area contributed by atoms with Crippen LogP contribution in [0, 0.1) is 6.92 Å². The van der Waals surface area contributed by atoms with Crippen molar-refractivity contribution in [1.29, 1.82) is 0 Å². The van der Waals surface area contributed by atoms with Crippen LogP contribution in [0.2, 0.25) is 0 Å². The summed E-state index contributed by atoms with van der Waals surface area (Å²) in [5.41, 5.74) is 2.84. The number of nitrogens with one attached hydrogen (secondary N) is 3. The first kappa shape index (κ1) is 11.6. The van der Waals surface area contributed by atoms with E-state index in [0.29, 0.717) is 0 Å². The first-order chi connectivity index (χ1) is 9.22. The largest absolute Gasteiger partial charge is 0.367 e. The van der Waals surface area contributed by atoms with E-state index < -0.39 is 0 Å². The van der Waals surface area contributed by atoms with Crippen molar-refractivity contribution in [1.82, 2.24) is 30.4 Å². The zero-order valence-corrected chi connectivity index (χ0v) is 10.8. The molecule has 0 aliphatic carbocycles. The number of hydrogen-bond acceptors (Lipinski definition) is 5. The predicted octanol–water partition coefficient (Wildman–Crippen LogP) is 1.43. The molecule has 0 bridgehead atoms. The first-order valence-corrected chi connectivity index (χ1v) is 6.14. The maximum absolute atomic E-state index is 4.26. The van der Waals surface area contributed by atoms with E-state index in [4.69, 9.17) is 0 Å². The molecule has 98 valence electrons. The number of fused-ring (bicyclic) bond motifs is 1. The van der Waals surface area contributed by atoms with Crippen molar-refractivity contribution in [3.05, 3.63) is 30.0 Å². The van der Waals surface area contributed by atoms with Crippen molar-refractivity contribution >= 4 is 16.9 Å². The van der Waals surface area contributed by atoms with E-state index in [1.165, 1.54) is 6.33 Å². The fraction of sp³-hybridized carbons (Fsp3) is 0.333. The first-order valence-electron chi connectivity index (χ1n) is 6.14. The van der Waals surface area contributed by atoms with Crippen LogP contribution >= 0.6 is 0 Å². The summed E-state index contributed by atoms with van der Waals surface area (Å²) in [4.78, 5) is 8.37. The Labute approximate surface area is 109 Å². The molecule has 0 aromatic carbocycles. The molecule has 0 radical (unpaired) electrons. The molecule has 0 amide bonds. The monoisotopic (exact) mass is 257 g/mol. The van der Waals surface area contributed by atoms with Gasteiger partial charge in [0.1, 0.15) is 12.1 Å². The lowest BCUT2D eigenvalue weighted by Gasteiger charge is -2.13. The fourth-order valence-corrected chi connectivity index (χ4v) is 2.06. The minimum atomic E-state index is 0.218. The number of anilines is 1. The van der Waals surface area contributed by atoms with E-state index in [-0.39, 0.29) is 6.04 Å². The van der Waals surface area contributed by atoms with E-state index in [1.54, 1.807) is 6.20 Å². The highest BCUT2D eigenvalue weighted by atomic mass is 15.2. The molecule has 1 atom stereocenters. The Morgan fingerprint density at radius 1 is 1.32 bits per heavy atom. The van der Waals surface area contributed by atoms with E-state index in [9.17, 15) is 0 Å². The summed E-state index contributed by atoms with van der Waals surface area (Å²) >= 11 is 0. The maximum atomic E-state index is 4.26. The van der Waals surface area contributed by atoms with Gasteiger partial charge in [-0.25, -0.2) is 9.97 Å². The summed E-state index contributed by atoms with van der Waals surface area (Å²) in [5.74, 6) is 0.790. The van der Waals surface area contributed by atoms with Gasteiger partial charge in [0.2, 0.25) is 0 Å². The molecule has 7 nitrogen and oxygen atoms in total. The number of aromatic amines is 2. The molecule has 1 unspecified atom stereocenters. The smallest absolute Gasteiger partial charge is 0.160 e. The number of aromatic nitrogens is 6. The predicted molar refractivity (Wildman–Crippen MR) is 71.8 cm³/mol. The minimum absolute atomic E-state index is 0.218. The molecule has 3 heterocycles. The number of rotatable bonds is 4. The molecule has 0 saturated carbocycles. The molecular formula is C12H15N7. The lowest BCUT2D eigenvalue weighted by atomic mass is 10.1. The molecule has 19 heavy (non-hydrogen) atoms. The van der Waals surface area contributed by atoms with Crippen LogP contribution in [0.1, 0.15) is 18.3 Å². The zero-order valence-electron chi connectivity index (χ0n) is 10.8. The van der Waals surface area contributed by atoms with Crippen molar-refractivity contribution in [3.8, 4) is 0 Å². The second-order valence-electron chi connectivity index (χ2n) is 4.65. The Balaban J connectivity index is 1.75. The third-order valence-corrected chi connectivity index (χ3v) is 2.91. The Morgan fingerprint density at radius 3 is 3.00 bits per heavy atom. The SMILES string of the molecule is Cc1cc(CC(C)Nc2ncnc3[nH]ncc23)n[nH]1. The average Bonchev–Trinajstić information content (AvgIpc) is 2.98. The van der Waals surface area contributed by atoms with Crippen LogP contribution < -0.4 is 5.32 Å². The third-order valence-electron chi connectivity index (χ3n) is 2.91. The van der Waals surface area contributed by atoms with Gasteiger partial charge < -0.3 is 5.32 Å². The normalized spacial score (nSPS) is 12.7. The van der Waals surface area contributed by atoms with Gasteiger partial charge in [0, 0.05) is 18.2 Å². The topological polar surface area (TPSA) is 95.2 Å². The molecule has 0 aliphatic rings. The third kappa shape index (κ3) is 2.40. The molecule has 7 heteroatoms. The van der Waals surface area contributed by atoms with Crippen LogP contribution in [0.25, 0.3) is 11.0 Å². The highest BCUT2D eigenvalue weighted by Gasteiger charge is 2.10. The second kappa shape index (κ2) is 4.68. The van der Waals surface area contributed by atoms with Crippen LogP contribution in [0.4, 0.5) is 5.82 Å². The van der Waals surface area contributed by atoms with Crippen LogP contribution in [0.3, 0.4) is 0 Å². The highest BCUT2D eigenvalue weighted by molar-refractivity contribution is 5.85. The van der Waals surface area contributed by atoms with E-state index >= 15 is 0 Å². The van der Waals surface area contributed by atoms with Crippen molar-refractivity contribution in [2.45, 2.75) is 26.3 Å². The van der Waals surface area contributed by atoms with Crippen LogP contribution in [-0.4, -0.2) is 36.4 Å². The van der Waals surface area contributed by atoms with Crippen molar-refractivity contribution in [3.63, 3.8) is 0 Å². The lowest BCUT2D eigenvalue weighted by molar-refractivity contribution is 0.761. The summed E-state index contributed by atoms with van der Waals surface area (Å²) in [6.45, 7) is 4.09. The van der Waals surface area contributed by atoms with Gasteiger partial charge in [-0.2, -0.15) is 10.2 Å². The molecule has 3 rings (SSSR count). The van der Waals surface area contributed by atoms with Crippen molar-refractivity contribution < 1.29 is 0 Å². The van der Waals surface area contributed by atoms with Crippen LogP contribution in [0.5, 0.6) is 0 Å². The summed E-state index contributed by atoms with van der Waals surface area (Å²) in [5, 5.41) is 18.2. The Morgan fingerprint density at radius 2 is 2.21 bits per heavy atom. The van der Waals surface area contributed by atoms with Gasteiger partial charge in [-0.3, -0.25) is 10.2 Å². The molecule has 0 fully saturated rings. The summed E-state index contributed by atoms with van der Waals surface area (Å²) in [6.07, 6.45) is 4.07. The number of hydrogen-bond donors (Lipinski definition) is 3. The van der Waals surface area contributed by atoms with Gasteiger partial charge in [-0.05, 0) is 19.9 Å². The molecule has 3 N–H and O–H groups in total. The van der Waals surface area contributed by atoms with Gasteiger partial charge >= 0.3 is 0 Å². The quantitative estimate of drug-likeness (QED) is 0.657. The zero-order chi connectivity index (χ0) is 13.2. The Bertz CT molecular complexity index is 684. The molecule has 3 aromatic rings. The van der Waals surface area contributed by atoms with E-state index in [1.807, 2.05) is 13.0 Å². The van der Waals surface area contributed by atoms with Gasteiger partial charge in [0.05, 0.1) is 17.3 Å². The van der Waals surface area contributed by atoms with Crippen molar-refractivity contribution in [2.24, 2.45) is 0 Å². The van der Waals surface area contributed by atoms with Crippen LogP contribution in [-0.2, 0) is 6.42 Å². The number of aryl methyl sites for hydroxylation is 1. The van der Waals surface area contributed by atoms with E-state index in [2.05, 4.69) is 42.6 Å². The number of H-pyrrole nitrogens is 2. The van der Waals surface area contributed by atoms with E-state index in [0.717, 1.165) is 34.7 Å².